The molecule has 3 aliphatic rings. The number of Topliss-reactive ketones (excluding diaryl/α,β-unsaturated/α-hetero) is 1. The zero-order valence-corrected chi connectivity index (χ0v) is 24.0. The third-order valence-corrected chi connectivity index (χ3v) is 11.2. The molecule has 1 aliphatic carbocycles. The van der Waals surface area contributed by atoms with Crippen LogP contribution in [0.1, 0.15) is 36.8 Å². The topological polar surface area (TPSA) is 110 Å². The average molecular weight is 587 g/mol. The van der Waals surface area contributed by atoms with E-state index < -0.39 is 20.0 Å². The number of hydrogen-bond acceptors (Lipinski definition) is 7. The summed E-state index contributed by atoms with van der Waals surface area (Å²) in [7, 11) is -7.16. The Morgan fingerprint density at radius 3 is 1.27 bits per heavy atom. The Hall–Kier alpha value is -2.67. The second kappa shape index (κ2) is 12.5. The fraction of sp³-hybridized carbons (Fsp3) is 0.414. The van der Waals surface area contributed by atoms with Gasteiger partial charge in [-0.1, -0.05) is 24.3 Å². The van der Waals surface area contributed by atoms with E-state index in [1.54, 1.807) is 48.5 Å². The Balaban J connectivity index is 1.32. The zero-order valence-electron chi connectivity index (χ0n) is 22.3. The maximum Gasteiger partial charge on any atom is 0.243 e. The molecule has 40 heavy (non-hydrogen) atoms. The largest absolute Gasteiger partial charge is 0.379 e. The second-order valence-electron chi connectivity index (χ2n) is 10.0. The van der Waals surface area contributed by atoms with Crippen LogP contribution in [0.2, 0.25) is 0 Å². The van der Waals surface area contributed by atoms with Crippen LogP contribution in [0.15, 0.2) is 69.5 Å². The van der Waals surface area contributed by atoms with Crippen molar-refractivity contribution < 1.29 is 31.1 Å². The predicted molar refractivity (Wildman–Crippen MR) is 151 cm³/mol. The number of ketones is 1. The first kappa shape index (κ1) is 28.8. The van der Waals surface area contributed by atoms with Gasteiger partial charge in [0, 0.05) is 37.3 Å². The average Bonchev–Trinajstić information content (AvgIpc) is 3.15. The monoisotopic (exact) mass is 586 g/mol. The summed E-state index contributed by atoms with van der Waals surface area (Å²) in [6.07, 6.45) is 6.70. The summed E-state index contributed by atoms with van der Waals surface area (Å²) in [4.78, 5) is 13.9. The summed E-state index contributed by atoms with van der Waals surface area (Å²) in [6, 6.07) is 13.3. The van der Waals surface area contributed by atoms with Gasteiger partial charge in [-0.05, 0) is 73.2 Å². The fourth-order valence-corrected chi connectivity index (χ4v) is 7.90. The highest BCUT2D eigenvalue weighted by Crippen LogP contribution is 2.28. The highest BCUT2D eigenvalue weighted by Gasteiger charge is 2.27. The maximum absolute atomic E-state index is 13.5. The molecule has 3 fully saturated rings. The Labute approximate surface area is 236 Å². The molecule has 0 aromatic heterocycles. The molecule has 5 rings (SSSR count). The van der Waals surface area contributed by atoms with Crippen molar-refractivity contribution in [1.29, 1.82) is 0 Å². The van der Waals surface area contributed by atoms with Crippen molar-refractivity contribution in [3.05, 3.63) is 70.8 Å². The lowest BCUT2D eigenvalue weighted by Crippen LogP contribution is -2.40. The fourth-order valence-electron chi connectivity index (χ4n) is 5.09. The molecule has 214 valence electrons. The van der Waals surface area contributed by atoms with Gasteiger partial charge in [0.1, 0.15) is 0 Å². The van der Waals surface area contributed by atoms with E-state index in [2.05, 4.69) is 0 Å². The number of allylic oxidation sites excluding steroid dienone is 2. The summed E-state index contributed by atoms with van der Waals surface area (Å²) in [6.45, 7) is 2.90. The van der Waals surface area contributed by atoms with Crippen LogP contribution in [-0.2, 0) is 34.3 Å². The van der Waals surface area contributed by atoms with Crippen LogP contribution in [0, 0.1) is 0 Å². The first-order chi connectivity index (χ1) is 19.2. The van der Waals surface area contributed by atoms with Gasteiger partial charge >= 0.3 is 0 Å². The number of hydrogen-bond donors (Lipinski definition) is 0. The van der Waals surface area contributed by atoms with Gasteiger partial charge in [0.2, 0.25) is 20.0 Å². The van der Waals surface area contributed by atoms with Gasteiger partial charge in [-0.2, -0.15) is 8.61 Å². The van der Waals surface area contributed by atoms with Gasteiger partial charge in [-0.3, -0.25) is 4.79 Å². The lowest BCUT2D eigenvalue weighted by atomic mass is 9.98. The predicted octanol–water partition coefficient (Wildman–Crippen LogP) is 3.34. The van der Waals surface area contributed by atoms with Crippen LogP contribution in [0.4, 0.5) is 0 Å². The number of rotatable bonds is 6. The lowest BCUT2D eigenvalue weighted by molar-refractivity contribution is -0.112. The Morgan fingerprint density at radius 2 is 0.925 bits per heavy atom. The van der Waals surface area contributed by atoms with Crippen molar-refractivity contribution in [2.75, 3.05) is 52.6 Å². The van der Waals surface area contributed by atoms with E-state index in [1.165, 1.54) is 8.61 Å². The first-order valence-electron chi connectivity index (χ1n) is 13.6. The number of ether oxygens (including phenoxy) is 2. The van der Waals surface area contributed by atoms with E-state index in [4.69, 9.17) is 9.47 Å². The molecule has 0 bridgehead atoms. The minimum Gasteiger partial charge on any atom is -0.379 e. The number of benzene rings is 2. The second-order valence-corrected chi connectivity index (χ2v) is 13.9. The number of carbonyl (C=O) groups excluding carboxylic acids is 1. The molecule has 2 aromatic rings. The normalized spacial score (nSPS) is 22.4. The van der Waals surface area contributed by atoms with Crippen LogP contribution in [-0.4, -0.2) is 83.8 Å². The molecular formula is C29H34N2O7S2. The molecule has 2 heterocycles. The number of morpholine rings is 2. The van der Waals surface area contributed by atoms with Gasteiger partial charge in [0.15, 0.2) is 5.78 Å². The van der Waals surface area contributed by atoms with Gasteiger partial charge in [0.25, 0.3) is 0 Å². The highest BCUT2D eigenvalue weighted by molar-refractivity contribution is 7.89. The van der Waals surface area contributed by atoms with E-state index in [-0.39, 0.29) is 15.6 Å². The maximum atomic E-state index is 13.5. The molecule has 2 aliphatic heterocycles. The van der Waals surface area contributed by atoms with Crippen LogP contribution < -0.4 is 0 Å². The van der Waals surface area contributed by atoms with Crippen molar-refractivity contribution in [2.45, 2.75) is 35.5 Å². The molecular weight excluding hydrogens is 552 g/mol. The van der Waals surface area contributed by atoms with Crippen molar-refractivity contribution in [3.8, 4) is 0 Å². The quantitative estimate of drug-likeness (QED) is 0.377. The molecule has 0 atom stereocenters. The van der Waals surface area contributed by atoms with E-state index in [0.29, 0.717) is 76.6 Å². The van der Waals surface area contributed by atoms with E-state index >= 15 is 0 Å². The van der Waals surface area contributed by atoms with Crippen molar-refractivity contribution in [2.24, 2.45) is 0 Å². The SMILES string of the molecule is O=C1/C(=C/c2ccc(S(=O)(=O)N3CCOCC3)cc2)CCCC/C1=C\c1ccc(S(=O)(=O)N2CCOCC2)cc1. The molecule has 0 spiro atoms. The lowest BCUT2D eigenvalue weighted by Gasteiger charge is -2.26. The Morgan fingerprint density at radius 1 is 0.575 bits per heavy atom. The summed E-state index contributed by atoms with van der Waals surface area (Å²) in [5.74, 6) is -0.0347. The van der Waals surface area contributed by atoms with Crippen LogP contribution in [0.25, 0.3) is 12.2 Å². The van der Waals surface area contributed by atoms with Gasteiger partial charge in [0.05, 0.1) is 36.2 Å². The minimum atomic E-state index is -3.58. The van der Waals surface area contributed by atoms with Crippen LogP contribution >= 0.6 is 0 Å². The van der Waals surface area contributed by atoms with Crippen LogP contribution in [0.3, 0.4) is 0 Å². The van der Waals surface area contributed by atoms with E-state index in [1.807, 2.05) is 12.2 Å². The molecule has 0 radical (unpaired) electrons. The molecule has 2 aromatic carbocycles. The minimum absolute atomic E-state index is 0.0347. The number of nitrogens with zero attached hydrogens (tertiary/aromatic N) is 2. The Bertz CT molecular complexity index is 1370. The molecule has 0 unspecified atom stereocenters. The third kappa shape index (κ3) is 6.45. The van der Waals surface area contributed by atoms with Gasteiger partial charge < -0.3 is 9.47 Å². The molecule has 1 saturated carbocycles. The highest BCUT2D eigenvalue weighted by atomic mass is 32.2. The van der Waals surface area contributed by atoms with Gasteiger partial charge in [-0.15, -0.1) is 0 Å². The summed E-state index contributed by atoms with van der Waals surface area (Å²) >= 11 is 0. The third-order valence-electron chi connectivity index (χ3n) is 7.38. The summed E-state index contributed by atoms with van der Waals surface area (Å²) < 4.78 is 65.0. The molecule has 11 heteroatoms. The zero-order chi connectivity index (χ0) is 28.2. The van der Waals surface area contributed by atoms with Crippen LogP contribution in [0.5, 0.6) is 0 Å². The Kier molecular flexibility index (Phi) is 8.98. The first-order valence-corrected chi connectivity index (χ1v) is 16.4. The summed E-state index contributed by atoms with van der Waals surface area (Å²) in [5, 5.41) is 0. The molecule has 0 amide bonds. The van der Waals surface area contributed by atoms with E-state index in [0.717, 1.165) is 24.0 Å². The molecule has 2 saturated heterocycles. The number of carbonyl (C=O) groups is 1. The van der Waals surface area contributed by atoms with Crippen molar-refractivity contribution in [1.82, 2.24) is 8.61 Å². The van der Waals surface area contributed by atoms with Crippen molar-refractivity contribution >= 4 is 38.0 Å². The molecule has 0 N–H and O–H groups in total. The van der Waals surface area contributed by atoms with Gasteiger partial charge in [-0.25, -0.2) is 16.8 Å². The summed E-state index contributed by atoms with van der Waals surface area (Å²) in [5.41, 5.74) is 2.89. The van der Waals surface area contributed by atoms with E-state index in [9.17, 15) is 21.6 Å². The smallest absolute Gasteiger partial charge is 0.243 e. The standard InChI is InChI=1S/C29H34N2O7S2/c32-29-25(21-23-5-9-27(10-6-23)39(33,34)30-13-17-37-18-14-30)3-1-2-4-26(29)22-24-7-11-28(12-8-24)40(35,36)31-15-19-38-20-16-31/h5-12,21-22H,1-4,13-20H2/b25-21+,26-22+. The molecule has 9 nitrogen and oxygen atoms in total. The van der Waals surface area contributed by atoms with Crippen molar-refractivity contribution in [3.63, 3.8) is 0 Å². The number of sulfonamides is 2.